The Kier molecular flexibility index (Phi) is 3.13. The van der Waals surface area contributed by atoms with Crippen molar-refractivity contribution >= 4 is 28.0 Å². The molecular weight excluding hydrogens is 267 g/mol. The molecule has 0 saturated heterocycles. The van der Waals surface area contributed by atoms with Crippen LogP contribution in [-0.4, -0.2) is 4.98 Å². The van der Waals surface area contributed by atoms with Crippen molar-refractivity contribution in [2.45, 2.75) is 0 Å². The molecule has 3 aromatic rings. The number of nitriles is 1. The molecule has 0 bridgehead atoms. The van der Waals surface area contributed by atoms with Crippen LogP contribution < -0.4 is 11.1 Å². The third-order valence-corrected chi connectivity index (χ3v) is 3.17. The number of anilines is 3. The Balaban J connectivity index is 2.07. The molecule has 0 spiro atoms. The number of fused-ring (bicyclic) bond motifs is 1. The van der Waals surface area contributed by atoms with Crippen LogP contribution in [-0.2, 0) is 0 Å². The van der Waals surface area contributed by atoms with E-state index in [1.807, 2.05) is 12.1 Å². The number of nitrogens with two attached hydrogens (primary N) is 1. The van der Waals surface area contributed by atoms with Crippen molar-refractivity contribution < 1.29 is 4.39 Å². The van der Waals surface area contributed by atoms with Gasteiger partial charge in [-0.05, 0) is 42.5 Å². The maximum atomic E-state index is 13.9. The molecule has 1 aromatic heterocycles. The molecule has 0 atom stereocenters. The average molecular weight is 278 g/mol. The van der Waals surface area contributed by atoms with Crippen LogP contribution in [0, 0.1) is 17.1 Å². The summed E-state index contributed by atoms with van der Waals surface area (Å²) in [5.41, 5.74) is 8.41. The number of nitrogens with one attached hydrogen (secondary N) is 1. The van der Waals surface area contributed by atoms with Crippen molar-refractivity contribution in [3.8, 4) is 6.07 Å². The van der Waals surface area contributed by atoms with Gasteiger partial charge in [-0.2, -0.15) is 5.26 Å². The van der Waals surface area contributed by atoms with E-state index in [4.69, 9.17) is 11.0 Å². The molecule has 102 valence electrons. The molecule has 0 aliphatic rings. The molecule has 5 heteroatoms. The number of rotatable bonds is 2. The molecule has 2 aromatic carbocycles. The fraction of sp³-hybridized carbons (Fsp3) is 0. The van der Waals surface area contributed by atoms with Crippen molar-refractivity contribution in [2.75, 3.05) is 11.1 Å². The molecule has 3 N–H and O–H groups in total. The number of hydrogen-bond acceptors (Lipinski definition) is 4. The van der Waals surface area contributed by atoms with Gasteiger partial charge in [0.1, 0.15) is 5.82 Å². The SMILES string of the molecule is N#Cc1ccc(Nc2ccc(N)c3cccnc23)c(F)c1. The van der Waals surface area contributed by atoms with Crippen molar-refractivity contribution in [3.05, 3.63) is 60.0 Å². The molecule has 4 nitrogen and oxygen atoms in total. The van der Waals surface area contributed by atoms with Crippen LogP contribution in [0.5, 0.6) is 0 Å². The van der Waals surface area contributed by atoms with Gasteiger partial charge in [0.05, 0.1) is 28.5 Å². The van der Waals surface area contributed by atoms with Crippen molar-refractivity contribution in [1.82, 2.24) is 4.98 Å². The molecule has 0 unspecified atom stereocenters. The molecule has 1 heterocycles. The summed E-state index contributed by atoms with van der Waals surface area (Å²) in [4.78, 5) is 4.28. The molecule has 0 fully saturated rings. The number of pyridine rings is 1. The van der Waals surface area contributed by atoms with Gasteiger partial charge in [-0.1, -0.05) is 0 Å². The Hall–Kier alpha value is -3.13. The molecule has 3 rings (SSSR count). The molecule has 0 aliphatic carbocycles. The third kappa shape index (κ3) is 2.35. The van der Waals surface area contributed by atoms with Crippen molar-refractivity contribution in [2.24, 2.45) is 0 Å². The zero-order valence-electron chi connectivity index (χ0n) is 11.0. The van der Waals surface area contributed by atoms with E-state index >= 15 is 0 Å². The van der Waals surface area contributed by atoms with Crippen molar-refractivity contribution in [1.29, 1.82) is 5.26 Å². The predicted octanol–water partition coefficient (Wildman–Crippen LogP) is 3.57. The topological polar surface area (TPSA) is 74.7 Å². The first-order valence-electron chi connectivity index (χ1n) is 6.29. The van der Waals surface area contributed by atoms with Crippen molar-refractivity contribution in [3.63, 3.8) is 0 Å². The van der Waals surface area contributed by atoms with Gasteiger partial charge in [0.2, 0.25) is 0 Å². The lowest BCUT2D eigenvalue weighted by Crippen LogP contribution is -1.98. The largest absolute Gasteiger partial charge is 0.398 e. The Labute approximate surface area is 120 Å². The van der Waals surface area contributed by atoms with Gasteiger partial charge in [-0.15, -0.1) is 0 Å². The first kappa shape index (κ1) is 12.9. The first-order chi connectivity index (χ1) is 10.2. The van der Waals surface area contributed by atoms with Crippen LogP contribution >= 0.6 is 0 Å². The summed E-state index contributed by atoms with van der Waals surface area (Å²) >= 11 is 0. The van der Waals surface area contributed by atoms with Gasteiger partial charge in [0.15, 0.2) is 0 Å². The second-order valence-electron chi connectivity index (χ2n) is 4.53. The van der Waals surface area contributed by atoms with Crippen LogP contribution in [0.15, 0.2) is 48.7 Å². The van der Waals surface area contributed by atoms with Gasteiger partial charge in [0.25, 0.3) is 0 Å². The summed E-state index contributed by atoms with van der Waals surface area (Å²) in [5, 5.41) is 12.5. The van der Waals surface area contributed by atoms with Crippen LogP contribution in [0.3, 0.4) is 0 Å². The zero-order chi connectivity index (χ0) is 14.8. The molecule has 21 heavy (non-hydrogen) atoms. The van der Waals surface area contributed by atoms with E-state index in [0.29, 0.717) is 16.9 Å². The van der Waals surface area contributed by atoms with E-state index in [1.165, 1.54) is 12.1 Å². The highest BCUT2D eigenvalue weighted by Gasteiger charge is 2.08. The highest BCUT2D eigenvalue weighted by Crippen LogP contribution is 2.29. The summed E-state index contributed by atoms with van der Waals surface area (Å²) < 4.78 is 13.9. The highest BCUT2D eigenvalue weighted by atomic mass is 19.1. The summed E-state index contributed by atoms with van der Waals surface area (Å²) in [6.45, 7) is 0. The fourth-order valence-electron chi connectivity index (χ4n) is 2.13. The lowest BCUT2D eigenvalue weighted by molar-refractivity contribution is 0.631. The van der Waals surface area contributed by atoms with Gasteiger partial charge < -0.3 is 11.1 Å². The third-order valence-electron chi connectivity index (χ3n) is 3.17. The number of nitrogen functional groups attached to an aromatic ring is 1. The predicted molar refractivity (Wildman–Crippen MR) is 80.6 cm³/mol. The number of halogens is 1. The van der Waals surface area contributed by atoms with E-state index in [0.717, 1.165) is 5.39 Å². The maximum absolute atomic E-state index is 13.9. The Morgan fingerprint density at radius 3 is 2.71 bits per heavy atom. The second-order valence-corrected chi connectivity index (χ2v) is 4.53. The Morgan fingerprint density at radius 2 is 1.95 bits per heavy atom. The van der Waals surface area contributed by atoms with Crippen LogP contribution in [0.4, 0.5) is 21.5 Å². The van der Waals surface area contributed by atoms with E-state index in [-0.39, 0.29) is 11.3 Å². The van der Waals surface area contributed by atoms with Gasteiger partial charge in [-0.3, -0.25) is 4.98 Å². The van der Waals surface area contributed by atoms with E-state index in [2.05, 4.69) is 10.3 Å². The van der Waals surface area contributed by atoms with Gasteiger partial charge >= 0.3 is 0 Å². The Morgan fingerprint density at radius 1 is 1.14 bits per heavy atom. The van der Waals surface area contributed by atoms with E-state index in [1.54, 1.807) is 30.5 Å². The average Bonchev–Trinajstić information content (AvgIpc) is 2.52. The summed E-state index contributed by atoms with van der Waals surface area (Å²) in [5.74, 6) is -0.491. The second kappa shape index (κ2) is 5.10. The standard InChI is InChI=1S/C16H11FN4/c17-12-8-10(9-18)3-5-14(12)21-15-6-4-13(19)11-2-1-7-20-16(11)15/h1-8,21H,19H2. The molecule has 0 aliphatic heterocycles. The zero-order valence-corrected chi connectivity index (χ0v) is 11.0. The summed E-state index contributed by atoms with van der Waals surface area (Å²) in [7, 11) is 0. The van der Waals surface area contributed by atoms with Crippen LogP contribution in [0.2, 0.25) is 0 Å². The fourth-order valence-corrected chi connectivity index (χ4v) is 2.13. The summed E-state index contributed by atoms with van der Waals surface area (Å²) in [6.07, 6.45) is 1.65. The molecule has 0 amide bonds. The Bertz CT molecular complexity index is 868. The highest BCUT2D eigenvalue weighted by molar-refractivity contribution is 5.99. The lowest BCUT2D eigenvalue weighted by atomic mass is 10.1. The van der Waals surface area contributed by atoms with Gasteiger partial charge in [-0.25, -0.2) is 4.39 Å². The quantitative estimate of drug-likeness (QED) is 0.703. The number of benzene rings is 2. The molecule has 0 radical (unpaired) electrons. The minimum Gasteiger partial charge on any atom is -0.398 e. The molecular formula is C16H11FN4. The van der Waals surface area contributed by atoms with Crippen LogP contribution in [0.1, 0.15) is 5.56 Å². The minimum absolute atomic E-state index is 0.276. The number of hydrogen-bond donors (Lipinski definition) is 2. The lowest BCUT2D eigenvalue weighted by Gasteiger charge is -2.11. The van der Waals surface area contributed by atoms with Gasteiger partial charge in [0, 0.05) is 17.3 Å². The minimum atomic E-state index is -0.491. The molecule has 0 saturated carbocycles. The van der Waals surface area contributed by atoms with E-state index in [9.17, 15) is 4.39 Å². The first-order valence-corrected chi connectivity index (χ1v) is 6.29. The monoisotopic (exact) mass is 278 g/mol. The van der Waals surface area contributed by atoms with E-state index < -0.39 is 5.82 Å². The maximum Gasteiger partial charge on any atom is 0.147 e. The normalized spacial score (nSPS) is 10.3. The number of nitrogens with zero attached hydrogens (tertiary/aromatic N) is 2. The number of aromatic nitrogens is 1. The summed E-state index contributed by atoms with van der Waals surface area (Å²) in [6, 6.07) is 13.3. The van der Waals surface area contributed by atoms with Crippen LogP contribution in [0.25, 0.3) is 10.9 Å². The smallest absolute Gasteiger partial charge is 0.147 e.